The van der Waals surface area contributed by atoms with Gasteiger partial charge in [-0.2, -0.15) is 20.2 Å². The van der Waals surface area contributed by atoms with Crippen molar-refractivity contribution < 1.29 is 12.6 Å². The van der Waals surface area contributed by atoms with Crippen molar-refractivity contribution in [3.8, 4) is 0 Å². The van der Waals surface area contributed by atoms with Gasteiger partial charge in [-0.25, -0.2) is 0 Å². The van der Waals surface area contributed by atoms with Crippen molar-refractivity contribution in [3.05, 3.63) is 0 Å². The summed E-state index contributed by atoms with van der Waals surface area (Å²) in [6.07, 6.45) is 3.27. The fourth-order valence-corrected chi connectivity index (χ4v) is 2.78. The molecule has 1 saturated heterocycles. The molecular weight excluding hydrogens is 196 g/mol. The van der Waals surface area contributed by atoms with E-state index in [2.05, 4.69) is 0 Å². The Bertz CT molecular complexity index is 217. The molecular formula is C7H14O3S2. The second kappa shape index (κ2) is 4.48. The van der Waals surface area contributed by atoms with E-state index in [1.807, 2.05) is 11.8 Å². The molecule has 0 aromatic rings. The van der Waals surface area contributed by atoms with E-state index in [-0.39, 0.29) is 0 Å². The Hall–Kier alpha value is 0.260. The average Bonchev–Trinajstić information content (AvgIpc) is 2.02. The average molecular weight is 210 g/mol. The van der Waals surface area contributed by atoms with Gasteiger partial charge in [0.2, 0.25) is 0 Å². The van der Waals surface area contributed by atoms with Gasteiger partial charge in [0.15, 0.2) is 0 Å². The van der Waals surface area contributed by atoms with Gasteiger partial charge in [0, 0.05) is 0 Å². The second-order valence-corrected chi connectivity index (χ2v) is 5.91. The molecule has 1 rings (SSSR count). The highest BCUT2D eigenvalue weighted by atomic mass is 32.2. The van der Waals surface area contributed by atoms with Crippen molar-refractivity contribution in [2.24, 2.45) is 5.92 Å². The number of thioether (sulfide) groups is 1. The predicted molar refractivity (Wildman–Crippen MR) is 50.8 cm³/mol. The summed E-state index contributed by atoms with van der Waals surface area (Å²) in [5.41, 5.74) is 0. The Kier molecular flexibility index (Phi) is 3.86. The summed E-state index contributed by atoms with van der Waals surface area (Å²) >= 11 is 1.93. The van der Waals surface area contributed by atoms with Gasteiger partial charge < -0.3 is 0 Å². The molecule has 0 aromatic carbocycles. The molecule has 0 amide bonds. The number of hydrogen-bond acceptors (Lipinski definition) is 4. The Labute approximate surface area is 78.0 Å². The van der Waals surface area contributed by atoms with Crippen molar-refractivity contribution in [1.29, 1.82) is 0 Å². The third kappa shape index (κ3) is 4.33. The number of hydrogen-bond donors (Lipinski definition) is 0. The van der Waals surface area contributed by atoms with Crippen molar-refractivity contribution in [2.75, 3.05) is 24.4 Å². The minimum atomic E-state index is -3.23. The van der Waals surface area contributed by atoms with E-state index < -0.39 is 10.1 Å². The van der Waals surface area contributed by atoms with E-state index in [1.54, 1.807) is 0 Å². The SMILES string of the molecule is CS(=O)(=O)OCC1CCSCC1. The largest absolute Gasteiger partial charge is 0.270 e. The van der Waals surface area contributed by atoms with Gasteiger partial charge in [-0.1, -0.05) is 0 Å². The molecule has 0 saturated carbocycles. The maximum absolute atomic E-state index is 10.6. The lowest BCUT2D eigenvalue weighted by atomic mass is 10.1. The lowest BCUT2D eigenvalue weighted by Crippen LogP contribution is -2.17. The summed E-state index contributed by atoms with van der Waals surface area (Å²) in [6.45, 7) is 0.374. The molecule has 0 aliphatic carbocycles. The lowest BCUT2D eigenvalue weighted by molar-refractivity contribution is 0.247. The summed E-state index contributed by atoms with van der Waals surface area (Å²) < 4.78 is 26.0. The molecule has 0 aromatic heterocycles. The van der Waals surface area contributed by atoms with Crippen molar-refractivity contribution in [2.45, 2.75) is 12.8 Å². The molecule has 0 spiro atoms. The molecule has 0 bridgehead atoms. The Morgan fingerprint density at radius 2 is 2.00 bits per heavy atom. The molecule has 1 aliphatic heterocycles. The van der Waals surface area contributed by atoms with Crippen LogP contribution in [0, 0.1) is 5.92 Å². The zero-order valence-electron chi connectivity index (χ0n) is 7.15. The van der Waals surface area contributed by atoms with Crippen LogP contribution in [-0.2, 0) is 14.3 Å². The van der Waals surface area contributed by atoms with Crippen molar-refractivity contribution in [1.82, 2.24) is 0 Å². The predicted octanol–water partition coefficient (Wildman–Crippen LogP) is 1.11. The van der Waals surface area contributed by atoms with Crippen LogP contribution >= 0.6 is 11.8 Å². The van der Waals surface area contributed by atoms with Crippen LogP contribution in [0.25, 0.3) is 0 Å². The van der Waals surface area contributed by atoms with Crippen LogP contribution in [0.5, 0.6) is 0 Å². The molecule has 1 heterocycles. The van der Waals surface area contributed by atoms with Gasteiger partial charge in [0.05, 0.1) is 12.9 Å². The van der Waals surface area contributed by atoms with Crippen LogP contribution in [0.15, 0.2) is 0 Å². The maximum Gasteiger partial charge on any atom is 0.264 e. The highest BCUT2D eigenvalue weighted by Crippen LogP contribution is 2.22. The Balaban J connectivity index is 2.22. The van der Waals surface area contributed by atoms with Crippen LogP contribution in [0.4, 0.5) is 0 Å². The van der Waals surface area contributed by atoms with Crippen LogP contribution in [0.1, 0.15) is 12.8 Å². The van der Waals surface area contributed by atoms with Gasteiger partial charge in [0.1, 0.15) is 0 Å². The normalized spacial score (nSPS) is 21.1. The van der Waals surface area contributed by atoms with Gasteiger partial charge in [0.25, 0.3) is 10.1 Å². The Morgan fingerprint density at radius 3 is 2.50 bits per heavy atom. The third-order valence-electron chi connectivity index (χ3n) is 1.86. The molecule has 0 radical (unpaired) electrons. The quantitative estimate of drug-likeness (QED) is 0.654. The molecule has 0 atom stereocenters. The molecule has 3 nitrogen and oxygen atoms in total. The van der Waals surface area contributed by atoms with Crippen LogP contribution in [0.3, 0.4) is 0 Å². The summed E-state index contributed by atoms with van der Waals surface area (Å²) in [5.74, 6) is 2.72. The Morgan fingerprint density at radius 1 is 1.42 bits per heavy atom. The first-order chi connectivity index (χ1) is 5.58. The summed E-state index contributed by atoms with van der Waals surface area (Å²) in [5, 5.41) is 0. The highest BCUT2D eigenvalue weighted by Gasteiger charge is 2.15. The molecule has 0 N–H and O–H groups in total. The van der Waals surface area contributed by atoms with E-state index in [0.29, 0.717) is 12.5 Å². The fraction of sp³-hybridized carbons (Fsp3) is 1.00. The fourth-order valence-electron chi connectivity index (χ4n) is 1.13. The number of rotatable bonds is 3. The van der Waals surface area contributed by atoms with Crippen LogP contribution in [0.2, 0.25) is 0 Å². The maximum atomic E-state index is 10.6. The van der Waals surface area contributed by atoms with Crippen LogP contribution in [-0.4, -0.2) is 32.8 Å². The first-order valence-electron chi connectivity index (χ1n) is 4.00. The lowest BCUT2D eigenvalue weighted by Gasteiger charge is -2.20. The topological polar surface area (TPSA) is 43.4 Å². The molecule has 5 heteroatoms. The summed E-state index contributed by atoms with van der Waals surface area (Å²) in [6, 6.07) is 0. The van der Waals surface area contributed by atoms with E-state index in [9.17, 15) is 8.42 Å². The third-order valence-corrected chi connectivity index (χ3v) is 3.47. The second-order valence-electron chi connectivity index (χ2n) is 3.04. The van der Waals surface area contributed by atoms with Gasteiger partial charge in [-0.3, -0.25) is 4.18 Å². The van der Waals surface area contributed by atoms with Gasteiger partial charge in [-0.05, 0) is 30.3 Å². The van der Waals surface area contributed by atoms with Crippen molar-refractivity contribution >= 4 is 21.9 Å². The summed E-state index contributed by atoms with van der Waals surface area (Å²) in [4.78, 5) is 0. The molecule has 1 aliphatic rings. The molecule has 1 fully saturated rings. The monoisotopic (exact) mass is 210 g/mol. The highest BCUT2D eigenvalue weighted by molar-refractivity contribution is 7.99. The van der Waals surface area contributed by atoms with Gasteiger partial charge in [-0.15, -0.1) is 0 Å². The van der Waals surface area contributed by atoms with E-state index in [0.717, 1.165) is 30.6 Å². The van der Waals surface area contributed by atoms with Crippen molar-refractivity contribution in [3.63, 3.8) is 0 Å². The zero-order chi connectivity index (χ0) is 9.03. The first kappa shape index (κ1) is 10.3. The standard InChI is InChI=1S/C7H14O3S2/c1-12(8,9)10-6-7-2-4-11-5-3-7/h7H,2-6H2,1H3. The van der Waals surface area contributed by atoms with E-state index in [4.69, 9.17) is 4.18 Å². The molecule has 72 valence electrons. The minimum absolute atomic E-state index is 0.374. The van der Waals surface area contributed by atoms with Gasteiger partial charge >= 0.3 is 0 Å². The van der Waals surface area contributed by atoms with E-state index >= 15 is 0 Å². The minimum Gasteiger partial charge on any atom is -0.270 e. The first-order valence-corrected chi connectivity index (χ1v) is 6.97. The molecule has 0 unspecified atom stereocenters. The van der Waals surface area contributed by atoms with Crippen LogP contribution < -0.4 is 0 Å². The molecule has 12 heavy (non-hydrogen) atoms. The summed E-state index contributed by atoms with van der Waals surface area (Å²) in [7, 11) is -3.23. The van der Waals surface area contributed by atoms with E-state index in [1.165, 1.54) is 0 Å². The smallest absolute Gasteiger partial charge is 0.264 e. The zero-order valence-corrected chi connectivity index (χ0v) is 8.79.